The van der Waals surface area contributed by atoms with E-state index in [9.17, 15) is 14.7 Å². The maximum atomic E-state index is 11.8. The van der Waals surface area contributed by atoms with Gasteiger partial charge in [0.15, 0.2) is 10.8 Å². The number of carboxylic acid groups (broad SMARTS) is 1. The number of benzene rings is 1. The van der Waals surface area contributed by atoms with Crippen molar-refractivity contribution >= 4 is 29.2 Å². The summed E-state index contributed by atoms with van der Waals surface area (Å²) in [4.78, 5) is 22.5. The van der Waals surface area contributed by atoms with E-state index < -0.39 is 11.9 Å². The normalized spacial score (nSPS) is 10.1. The zero-order chi connectivity index (χ0) is 14.7. The highest BCUT2D eigenvalue weighted by atomic mass is 35.5. The van der Waals surface area contributed by atoms with Crippen LogP contribution in [0.1, 0.15) is 20.8 Å². The van der Waals surface area contributed by atoms with Gasteiger partial charge in [-0.1, -0.05) is 11.6 Å². The fourth-order valence-corrected chi connectivity index (χ4v) is 1.49. The first-order chi connectivity index (χ1) is 9.47. The molecule has 0 bridgehead atoms. The number of phenolic OH excluding ortho intramolecular Hbond substituents is 1. The van der Waals surface area contributed by atoms with E-state index in [1.807, 2.05) is 0 Å². The molecule has 1 aromatic heterocycles. The summed E-state index contributed by atoms with van der Waals surface area (Å²) < 4.78 is 0. The number of halogens is 1. The number of hydrogen-bond donors (Lipinski definition) is 3. The van der Waals surface area contributed by atoms with Crippen molar-refractivity contribution < 1.29 is 19.8 Å². The molecule has 2 aromatic rings. The van der Waals surface area contributed by atoms with Crippen LogP contribution in [0, 0.1) is 0 Å². The summed E-state index contributed by atoms with van der Waals surface area (Å²) in [6, 6.07) is 6.33. The van der Waals surface area contributed by atoms with Crippen molar-refractivity contribution in [2.24, 2.45) is 0 Å². The molecule has 1 aromatic carbocycles. The lowest BCUT2D eigenvalue weighted by Gasteiger charge is -2.07. The minimum absolute atomic E-state index is 0.0103. The van der Waals surface area contributed by atoms with Crippen LogP contribution in [0.15, 0.2) is 30.3 Å². The van der Waals surface area contributed by atoms with Crippen molar-refractivity contribution in [3.05, 3.63) is 46.7 Å². The Morgan fingerprint density at radius 2 is 1.90 bits per heavy atom. The number of hydrogen-bond acceptors (Lipinski definition) is 5. The number of aromatic carboxylic acids is 1. The molecule has 102 valence electrons. The Hall–Kier alpha value is -2.67. The predicted octanol–water partition coefficient (Wildman–Crippen LogP) is 1.79. The van der Waals surface area contributed by atoms with Gasteiger partial charge in [-0.2, -0.15) is 0 Å². The predicted molar refractivity (Wildman–Crippen MR) is 70.1 cm³/mol. The molecule has 0 fully saturated rings. The van der Waals surface area contributed by atoms with E-state index in [0.29, 0.717) is 0 Å². The summed E-state index contributed by atoms with van der Waals surface area (Å²) in [5, 5.41) is 28.0. The van der Waals surface area contributed by atoms with Gasteiger partial charge in [-0.15, -0.1) is 10.2 Å². The van der Waals surface area contributed by atoms with Crippen molar-refractivity contribution in [1.82, 2.24) is 10.2 Å². The molecule has 0 spiro atoms. The van der Waals surface area contributed by atoms with Crippen LogP contribution < -0.4 is 5.32 Å². The second-order valence-corrected chi connectivity index (χ2v) is 4.12. The third kappa shape index (κ3) is 3.01. The van der Waals surface area contributed by atoms with E-state index in [-0.39, 0.29) is 27.8 Å². The molecule has 7 nitrogen and oxygen atoms in total. The Morgan fingerprint density at radius 1 is 1.15 bits per heavy atom. The first-order valence-electron chi connectivity index (χ1n) is 5.34. The van der Waals surface area contributed by atoms with Gasteiger partial charge in [0.05, 0.1) is 11.3 Å². The van der Waals surface area contributed by atoms with Crippen LogP contribution in [0.4, 0.5) is 5.69 Å². The molecule has 3 N–H and O–H groups in total. The number of anilines is 1. The maximum Gasteiger partial charge on any atom is 0.335 e. The van der Waals surface area contributed by atoms with E-state index >= 15 is 0 Å². The van der Waals surface area contributed by atoms with E-state index in [0.717, 1.165) is 6.07 Å². The number of nitrogens with one attached hydrogen (secondary N) is 1. The van der Waals surface area contributed by atoms with Gasteiger partial charge < -0.3 is 15.5 Å². The minimum atomic E-state index is -1.18. The van der Waals surface area contributed by atoms with Gasteiger partial charge in [0.1, 0.15) is 5.75 Å². The number of aromatic nitrogens is 2. The van der Waals surface area contributed by atoms with Crippen molar-refractivity contribution in [2.75, 3.05) is 5.32 Å². The molecule has 8 heteroatoms. The van der Waals surface area contributed by atoms with Gasteiger partial charge in [0.2, 0.25) is 0 Å². The number of phenols is 1. The van der Waals surface area contributed by atoms with Crippen molar-refractivity contribution in [2.45, 2.75) is 0 Å². The Kier molecular flexibility index (Phi) is 3.81. The first-order valence-corrected chi connectivity index (χ1v) is 5.72. The minimum Gasteiger partial charge on any atom is -0.506 e. The highest BCUT2D eigenvalue weighted by molar-refractivity contribution is 6.29. The lowest BCUT2D eigenvalue weighted by molar-refractivity contribution is 0.0696. The highest BCUT2D eigenvalue weighted by Crippen LogP contribution is 2.24. The van der Waals surface area contributed by atoms with Crippen LogP contribution in [0.3, 0.4) is 0 Å². The summed E-state index contributed by atoms with van der Waals surface area (Å²) in [7, 11) is 0. The Bertz CT molecular complexity index is 673. The Morgan fingerprint density at radius 3 is 2.45 bits per heavy atom. The first kappa shape index (κ1) is 13.8. The van der Waals surface area contributed by atoms with E-state index in [1.54, 1.807) is 0 Å². The molecule has 0 radical (unpaired) electrons. The number of aromatic hydroxyl groups is 1. The van der Waals surface area contributed by atoms with Crippen LogP contribution in [-0.2, 0) is 0 Å². The molecular formula is C12H8ClN3O4. The number of rotatable bonds is 3. The second-order valence-electron chi connectivity index (χ2n) is 3.73. The van der Waals surface area contributed by atoms with Gasteiger partial charge in [-0.3, -0.25) is 4.79 Å². The summed E-state index contributed by atoms with van der Waals surface area (Å²) in [6.07, 6.45) is 0. The molecule has 0 saturated carbocycles. The lowest BCUT2D eigenvalue weighted by atomic mass is 10.2. The van der Waals surface area contributed by atoms with Crippen LogP contribution in [0.25, 0.3) is 0 Å². The van der Waals surface area contributed by atoms with Gasteiger partial charge >= 0.3 is 5.97 Å². The van der Waals surface area contributed by atoms with Crippen molar-refractivity contribution in [1.29, 1.82) is 0 Å². The molecule has 20 heavy (non-hydrogen) atoms. The average Bonchev–Trinajstić information content (AvgIpc) is 2.41. The average molecular weight is 294 g/mol. The van der Waals surface area contributed by atoms with E-state index in [1.165, 1.54) is 24.3 Å². The second kappa shape index (κ2) is 5.54. The number of carbonyl (C=O) groups excluding carboxylic acids is 1. The van der Waals surface area contributed by atoms with Crippen LogP contribution in [0.2, 0.25) is 5.15 Å². The third-order valence-electron chi connectivity index (χ3n) is 2.36. The molecule has 1 heterocycles. The quantitative estimate of drug-likeness (QED) is 0.744. The summed E-state index contributed by atoms with van der Waals surface area (Å²) in [5.74, 6) is -2.14. The molecule has 0 saturated heterocycles. The van der Waals surface area contributed by atoms with Gasteiger partial charge in [0, 0.05) is 0 Å². The molecule has 2 rings (SSSR count). The molecule has 0 unspecified atom stereocenters. The number of amides is 1. The summed E-state index contributed by atoms with van der Waals surface area (Å²) in [5.41, 5.74) is -0.0142. The summed E-state index contributed by atoms with van der Waals surface area (Å²) >= 11 is 5.55. The standard InChI is InChI=1S/C12H8ClN3O4/c13-10-4-3-8(15-16-10)11(18)14-7-2-1-6(12(19)20)5-9(7)17/h1-5,17H,(H,14,18)(H,19,20). The summed E-state index contributed by atoms with van der Waals surface area (Å²) in [6.45, 7) is 0. The molecule has 1 amide bonds. The molecule has 0 aliphatic rings. The monoisotopic (exact) mass is 293 g/mol. The zero-order valence-corrected chi connectivity index (χ0v) is 10.6. The molecule has 0 aliphatic carbocycles. The Balaban J connectivity index is 2.19. The molecule has 0 aliphatic heterocycles. The highest BCUT2D eigenvalue weighted by Gasteiger charge is 2.12. The Labute approximate surface area is 117 Å². The lowest BCUT2D eigenvalue weighted by Crippen LogP contribution is -2.14. The fraction of sp³-hybridized carbons (Fsp3) is 0. The van der Waals surface area contributed by atoms with Crippen molar-refractivity contribution in [3.8, 4) is 5.75 Å². The van der Waals surface area contributed by atoms with Crippen LogP contribution in [-0.4, -0.2) is 32.3 Å². The SMILES string of the molecule is O=C(O)c1ccc(NC(=O)c2ccc(Cl)nn2)c(O)c1. The number of carboxylic acids is 1. The largest absolute Gasteiger partial charge is 0.506 e. The zero-order valence-electron chi connectivity index (χ0n) is 9.87. The van der Waals surface area contributed by atoms with Crippen molar-refractivity contribution in [3.63, 3.8) is 0 Å². The molecule has 0 atom stereocenters. The van der Waals surface area contributed by atoms with Gasteiger partial charge in [-0.05, 0) is 30.3 Å². The molecular weight excluding hydrogens is 286 g/mol. The van der Waals surface area contributed by atoms with Crippen LogP contribution in [0.5, 0.6) is 5.75 Å². The third-order valence-corrected chi connectivity index (χ3v) is 2.56. The van der Waals surface area contributed by atoms with Gasteiger partial charge in [0.25, 0.3) is 5.91 Å². The topological polar surface area (TPSA) is 112 Å². The van der Waals surface area contributed by atoms with E-state index in [2.05, 4.69) is 15.5 Å². The van der Waals surface area contributed by atoms with Gasteiger partial charge in [-0.25, -0.2) is 4.79 Å². The maximum absolute atomic E-state index is 11.8. The van der Waals surface area contributed by atoms with Crippen LogP contribution >= 0.6 is 11.6 Å². The number of carbonyl (C=O) groups is 2. The fourth-order valence-electron chi connectivity index (χ4n) is 1.39. The smallest absolute Gasteiger partial charge is 0.335 e. The van der Waals surface area contributed by atoms with E-state index in [4.69, 9.17) is 16.7 Å². The number of nitrogens with zero attached hydrogens (tertiary/aromatic N) is 2.